The first kappa shape index (κ1) is 22.3. The largest absolute Gasteiger partial charge is 0.383 e. The fourth-order valence-corrected chi connectivity index (χ4v) is 3.77. The van der Waals surface area contributed by atoms with Gasteiger partial charge in [-0.15, -0.1) is 12.4 Å². The van der Waals surface area contributed by atoms with Crippen LogP contribution in [0, 0.1) is 6.92 Å². The summed E-state index contributed by atoms with van der Waals surface area (Å²) in [6.07, 6.45) is 1.04. The van der Waals surface area contributed by atoms with Gasteiger partial charge in [0, 0.05) is 33.0 Å². The van der Waals surface area contributed by atoms with Crippen LogP contribution in [0.2, 0.25) is 0 Å². The molecule has 0 amide bonds. The second kappa shape index (κ2) is 9.55. The summed E-state index contributed by atoms with van der Waals surface area (Å²) in [6.45, 7) is 3.45. The van der Waals surface area contributed by atoms with E-state index in [4.69, 9.17) is 4.74 Å². The second-order valence-electron chi connectivity index (χ2n) is 4.84. The maximum atomic E-state index is 12.3. The lowest BCUT2D eigenvalue weighted by Gasteiger charge is -2.11. The van der Waals surface area contributed by atoms with Gasteiger partial charge in [0.05, 0.1) is 16.4 Å². The van der Waals surface area contributed by atoms with Crippen molar-refractivity contribution in [1.82, 2.24) is 10.0 Å². The van der Waals surface area contributed by atoms with Crippen molar-refractivity contribution in [2.24, 2.45) is 0 Å². The Balaban J connectivity index is 0.00000484. The van der Waals surface area contributed by atoms with E-state index in [1.807, 2.05) is 0 Å². The second-order valence-corrected chi connectivity index (χ2v) is 8.59. The summed E-state index contributed by atoms with van der Waals surface area (Å²) in [6, 6.07) is 4.07. The Morgan fingerprint density at radius 1 is 1.09 bits per heavy atom. The van der Waals surface area contributed by atoms with Crippen molar-refractivity contribution in [3.05, 3.63) is 23.8 Å². The molecule has 0 saturated carbocycles. The van der Waals surface area contributed by atoms with Crippen LogP contribution in [0.5, 0.6) is 0 Å². The highest BCUT2D eigenvalue weighted by atomic mass is 35.5. The van der Waals surface area contributed by atoms with Crippen LogP contribution in [0.25, 0.3) is 0 Å². The predicted molar refractivity (Wildman–Crippen MR) is 91.5 cm³/mol. The van der Waals surface area contributed by atoms with Crippen LogP contribution in [-0.4, -0.2) is 56.4 Å². The summed E-state index contributed by atoms with van der Waals surface area (Å²) in [4.78, 5) is -0.0380. The van der Waals surface area contributed by atoms with E-state index in [0.717, 1.165) is 6.26 Å². The molecule has 0 aliphatic carbocycles. The van der Waals surface area contributed by atoms with Crippen LogP contribution in [0.4, 0.5) is 0 Å². The van der Waals surface area contributed by atoms with Crippen LogP contribution < -0.4 is 10.0 Å². The monoisotopic (exact) mass is 386 g/mol. The molecule has 134 valence electrons. The van der Waals surface area contributed by atoms with Crippen molar-refractivity contribution in [3.63, 3.8) is 0 Å². The maximum Gasteiger partial charge on any atom is 0.240 e. The molecule has 0 fully saturated rings. The Morgan fingerprint density at radius 3 is 2.30 bits per heavy atom. The molecule has 0 bridgehead atoms. The lowest BCUT2D eigenvalue weighted by Crippen LogP contribution is -2.33. The zero-order valence-electron chi connectivity index (χ0n) is 13.3. The highest BCUT2D eigenvalue weighted by molar-refractivity contribution is 7.91. The Bertz CT molecular complexity index is 705. The van der Waals surface area contributed by atoms with E-state index in [0.29, 0.717) is 25.3 Å². The van der Waals surface area contributed by atoms with E-state index in [9.17, 15) is 16.8 Å². The maximum absolute atomic E-state index is 12.3. The van der Waals surface area contributed by atoms with Gasteiger partial charge in [-0.05, 0) is 24.6 Å². The van der Waals surface area contributed by atoms with Gasteiger partial charge in [0.25, 0.3) is 0 Å². The Kier molecular flexibility index (Phi) is 9.26. The first-order chi connectivity index (χ1) is 10.2. The highest BCUT2D eigenvalue weighted by Crippen LogP contribution is 2.19. The van der Waals surface area contributed by atoms with Gasteiger partial charge >= 0.3 is 0 Å². The first-order valence-corrected chi connectivity index (χ1v) is 10.1. The topological polar surface area (TPSA) is 102 Å². The van der Waals surface area contributed by atoms with Gasteiger partial charge in [0.1, 0.15) is 0 Å². The average molecular weight is 387 g/mol. The van der Waals surface area contributed by atoms with Gasteiger partial charge in [-0.1, -0.05) is 6.07 Å². The van der Waals surface area contributed by atoms with Gasteiger partial charge in [0.15, 0.2) is 9.84 Å². The Hall–Kier alpha value is -0.710. The van der Waals surface area contributed by atoms with Crippen LogP contribution >= 0.6 is 12.4 Å². The summed E-state index contributed by atoms with van der Waals surface area (Å²) in [5.74, 6) is 0. The number of aryl methyl sites for hydroxylation is 1. The normalized spacial score (nSPS) is 12.0. The van der Waals surface area contributed by atoms with E-state index in [1.54, 1.807) is 14.0 Å². The lowest BCUT2D eigenvalue weighted by atomic mass is 10.2. The molecule has 0 saturated heterocycles. The van der Waals surface area contributed by atoms with Gasteiger partial charge in [-0.25, -0.2) is 21.6 Å². The van der Waals surface area contributed by atoms with Crippen molar-refractivity contribution >= 4 is 32.3 Å². The molecule has 10 heteroatoms. The Morgan fingerprint density at radius 2 is 1.74 bits per heavy atom. The molecule has 0 aliphatic heterocycles. The zero-order chi connectivity index (χ0) is 16.8. The summed E-state index contributed by atoms with van der Waals surface area (Å²) < 4.78 is 54.9. The van der Waals surface area contributed by atoms with Crippen molar-refractivity contribution in [3.8, 4) is 0 Å². The molecule has 0 aromatic heterocycles. The van der Waals surface area contributed by atoms with Crippen LogP contribution in [0.3, 0.4) is 0 Å². The number of halogens is 1. The molecule has 23 heavy (non-hydrogen) atoms. The molecule has 1 rings (SSSR count). The predicted octanol–water partition coefficient (Wildman–Crippen LogP) is 0.335. The molecule has 0 atom stereocenters. The first-order valence-electron chi connectivity index (χ1n) is 6.68. The highest BCUT2D eigenvalue weighted by Gasteiger charge is 2.19. The zero-order valence-corrected chi connectivity index (χ0v) is 15.8. The number of methoxy groups -OCH3 is 1. The van der Waals surface area contributed by atoms with E-state index in [2.05, 4.69) is 10.0 Å². The molecular formula is C13H23ClN2O5S2. The third-order valence-electron chi connectivity index (χ3n) is 2.95. The number of nitrogens with one attached hydrogen (secondary N) is 2. The minimum Gasteiger partial charge on any atom is -0.383 e. The summed E-state index contributed by atoms with van der Waals surface area (Å²) >= 11 is 0. The molecule has 0 aliphatic rings. The van der Waals surface area contributed by atoms with Crippen molar-refractivity contribution in [1.29, 1.82) is 0 Å². The number of sulfone groups is 1. The molecule has 7 nitrogen and oxygen atoms in total. The van der Waals surface area contributed by atoms with Crippen molar-refractivity contribution in [2.75, 3.05) is 39.6 Å². The fourth-order valence-electron chi connectivity index (χ4n) is 1.75. The van der Waals surface area contributed by atoms with E-state index in [1.165, 1.54) is 18.2 Å². The summed E-state index contributed by atoms with van der Waals surface area (Å²) in [5, 5.41) is 3.01. The minimum atomic E-state index is -3.75. The number of rotatable bonds is 9. The molecular weight excluding hydrogens is 364 g/mol. The van der Waals surface area contributed by atoms with E-state index >= 15 is 0 Å². The quantitative estimate of drug-likeness (QED) is 0.593. The number of hydrogen-bond acceptors (Lipinski definition) is 6. The number of ether oxygens (including phenoxy) is 1. The fraction of sp³-hybridized carbons (Fsp3) is 0.538. The number of sulfonamides is 1. The van der Waals surface area contributed by atoms with Crippen molar-refractivity contribution in [2.45, 2.75) is 16.7 Å². The van der Waals surface area contributed by atoms with Crippen LogP contribution in [0.15, 0.2) is 28.0 Å². The summed E-state index contributed by atoms with van der Waals surface area (Å²) in [7, 11) is -5.62. The van der Waals surface area contributed by atoms with Crippen LogP contribution in [0.1, 0.15) is 5.56 Å². The average Bonchev–Trinajstić information content (AvgIpc) is 2.41. The van der Waals surface area contributed by atoms with Gasteiger partial charge in [-0.3, -0.25) is 0 Å². The molecule has 0 spiro atoms. The van der Waals surface area contributed by atoms with E-state index in [-0.39, 0.29) is 28.7 Å². The number of benzene rings is 1. The molecule has 2 N–H and O–H groups in total. The minimum absolute atomic E-state index is 0. The molecule has 0 heterocycles. The molecule has 1 aromatic carbocycles. The van der Waals surface area contributed by atoms with Gasteiger partial charge < -0.3 is 10.1 Å². The third-order valence-corrected chi connectivity index (χ3v) is 5.67. The molecule has 0 radical (unpaired) electrons. The Labute approximate surface area is 144 Å². The van der Waals surface area contributed by atoms with Gasteiger partial charge in [-0.2, -0.15) is 0 Å². The number of hydrogen-bond donors (Lipinski definition) is 2. The standard InChI is InChI=1S/C13H22N2O5S2.ClH/c1-11-4-5-12(21(3,16)17)10-13(11)22(18,19)15-7-6-14-8-9-20-2;/h4-5,10,14-15H,6-9H2,1-3H3;1H. The third kappa shape index (κ3) is 7.15. The van der Waals surface area contributed by atoms with Gasteiger partial charge in [0.2, 0.25) is 10.0 Å². The smallest absolute Gasteiger partial charge is 0.240 e. The van der Waals surface area contributed by atoms with Crippen LogP contribution in [-0.2, 0) is 24.6 Å². The summed E-state index contributed by atoms with van der Waals surface area (Å²) in [5.41, 5.74) is 0.493. The SMILES string of the molecule is COCCNCCNS(=O)(=O)c1cc(S(C)(=O)=O)ccc1C.Cl. The lowest BCUT2D eigenvalue weighted by molar-refractivity contribution is 0.199. The van der Waals surface area contributed by atoms with Crippen molar-refractivity contribution < 1.29 is 21.6 Å². The van der Waals surface area contributed by atoms with E-state index < -0.39 is 19.9 Å². The molecule has 1 aromatic rings. The molecule has 0 unspecified atom stereocenters.